The maximum absolute atomic E-state index is 14.3. The molecular weight excluding hydrogens is 653 g/mol. The zero-order valence-electron chi connectivity index (χ0n) is 37.9. The molecule has 0 saturated carbocycles. The predicted octanol–water partition coefficient (Wildman–Crippen LogP) is 18.6. The van der Waals surface area contributed by atoms with E-state index in [4.69, 9.17) is 0 Å². The van der Waals surface area contributed by atoms with Crippen molar-refractivity contribution in [2.45, 2.75) is 260 Å². The molecule has 0 rings (SSSR count). The highest BCUT2D eigenvalue weighted by atomic mass is 16.1. The van der Waals surface area contributed by atoms with Crippen LogP contribution in [0.5, 0.6) is 0 Å². The molecule has 0 aliphatic heterocycles. The minimum absolute atomic E-state index is 0.287. The number of Topliss-reactive ketones (excluding diaryl/α,β-unsaturated/α-hetero) is 1. The lowest BCUT2D eigenvalue weighted by Crippen LogP contribution is -2.30. The quantitative estimate of drug-likeness (QED) is 0.0448. The molecular formula is C53H98O. The van der Waals surface area contributed by atoms with Crippen LogP contribution in [0, 0.1) is 23.7 Å². The molecule has 316 valence electrons. The first-order valence-electron chi connectivity index (χ1n) is 24.6. The van der Waals surface area contributed by atoms with Crippen LogP contribution in [-0.4, -0.2) is 5.78 Å². The van der Waals surface area contributed by atoms with E-state index in [0.29, 0.717) is 17.6 Å². The molecule has 54 heavy (non-hydrogen) atoms. The molecule has 0 aliphatic rings. The molecule has 0 bridgehead atoms. The number of rotatable bonds is 42. The van der Waals surface area contributed by atoms with E-state index in [2.05, 4.69) is 90.2 Å². The van der Waals surface area contributed by atoms with E-state index in [-0.39, 0.29) is 5.92 Å². The van der Waals surface area contributed by atoms with Gasteiger partial charge in [-0.25, -0.2) is 0 Å². The van der Waals surface area contributed by atoms with Crippen LogP contribution in [0.3, 0.4) is 0 Å². The molecule has 1 heteroatoms. The van der Waals surface area contributed by atoms with E-state index in [1.54, 1.807) is 0 Å². The number of hydrogen-bond acceptors (Lipinski definition) is 1. The standard InChI is InChI=1S/C53H98O/c1-7-11-14-16-18-20-22-24-26-28-30-32-34-36-38-41-46-51(52(48-43-44-49(5)6)53(54)50(10-4)45-40-13-9-3)47-42-39-37-35-33-31-29-27-25-23-21-19-17-15-12-8-2/h18-21,24-27,49-52H,7-17,22-23,28-48H2,1-6H3/b20-18-,21-19-,26-24-,27-25-. The van der Waals surface area contributed by atoms with Crippen molar-refractivity contribution in [3.05, 3.63) is 48.6 Å². The third kappa shape index (κ3) is 35.1. The van der Waals surface area contributed by atoms with Crippen LogP contribution >= 0.6 is 0 Å². The first-order valence-corrected chi connectivity index (χ1v) is 24.6. The second-order valence-electron chi connectivity index (χ2n) is 17.4. The van der Waals surface area contributed by atoms with E-state index in [1.165, 1.54) is 186 Å². The molecule has 0 radical (unpaired) electrons. The number of unbranched alkanes of at least 4 members (excludes halogenated alkanes) is 20. The predicted molar refractivity (Wildman–Crippen MR) is 247 cm³/mol. The molecule has 0 aromatic heterocycles. The monoisotopic (exact) mass is 751 g/mol. The summed E-state index contributed by atoms with van der Waals surface area (Å²) >= 11 is 0. The molecule has 1 nitrogen and oxygen atoms in total. The van der Waals surface area contributed by atoms with Crippen molar-refractivity contribution in [3.63, 3.8) is 0 Å². The SMILES string of the molecule is CCCCC/C=C\C/C=C\CCCCCCCCC(CCCCCCCC/C=C\C/C=C\CCCCC)C(CCCC(C)C)C(=O)C(CC)CCCCC. The number of carbonyl (C=O) groups is 1. The van der Waals surface area contributed by atoms with Crippen LogP contribution in [0.2, 0.25) is 0 Å². The fraction of sp³-hybridized carbons (Fsp3) is 0.830. The Bertz CT molecular complexity index is 826. The second kappa shape index (κ2) is 42.8. The molecule has 0 heterocycles. The Kier molecular flexibility index (Phi) is 41.7. The van der Waals surface area contributed by atoms with Crippen LogP contribution in [0.25, 0.3) is 0 Å². The van der Waals surface area contributed by atoms with Crippen molar-refractivity contribution in [2.24, 2.45) is 23.7 Å². The van der Waals surface area contributed by atoms with Gasteiger partial charge >= 0.3 is 0 Å². The van der Waals surface area contributed by atoms with Crippen LogP contribution in [0.1, 0.15) is 260 Å². The summed E-state index contributed by atoms with van der Waals surface area (Å²) in [6.45, 7) is 13.8. The van der Waals surface area contributed by atoms with Gasteiger partial charge in [-0.1, -0.05) is 212 Å². The van der Waals surface area contributed by atoms with Gasteiger partial charge in [-0.2, -0.15) is 0 Å². The van der Waals surface area contributed by atoms with Crippen LogP contribution in [0.4, 0.5) is 0 Å². The van der Waals surface area contributed by atoms with Crippen molar-refractivity contribution in [1.29, 1.82) is 0 Å². The number of hydrogen-bond donors (Lipinski definition) is 0. The highest BCUT2D eigenvalue weighted by molar-refractivity contribution is 5.83. The van der Waals surface area contributed by atoms with Gasteiger partial charge in [-0.05, 0) is 108 Å². The maximum Gasteiger partial charge on any atom is 0.139 e. The Morgan fingerprint density at radius 3 is 1.17 bits per heavy atom. The average Bonchev–Trinajstić information content (AvgIpc) is 3.17. The Balaban J connectivity index is 4.86. The third-order valence-electron chi connectivity index (χ3n) is 11.8. The highest BCUT2D eigenvalue weighted by Gasteiger charge is 2.31. The van der Waals surface area contributed by atoms with E-state index in [1.807, 2.05) is 0 Å². The molecule has 0 aromatic rings. The number of ketones is 1. The maximum atomic E-state index is 14.3. The van der Waals surface area contributed by atoms with Gasteiger partial charge in [-0.3, -0.25) is 4.79 Å². The van der Waals surface area contributed by atoms with Crippen molar-refractivity contribution in [3.8, 4) is 0 Å². The van der Waals surface area contributed by atoms with Crippen molar-refractivity contribution in [1.82, 2.24) is 0 Å². The Labute approximate surface area is 341 Å². The lowest BCUT2D eigenvalue weighted by molar-refractivity contribution is -0.129. The normalized spacial score (nSPS) is 13.6. The molecule has 2 atom stereocenters. The average molecular weight is 751 g/mol. The van der Waals surface area contributed by atoms with E-state index in [9.17, 15) is 4.79 Å². The van der Waals surface area contributed by atoms with Crippen molar-refractivity contribution in [2.75, 3.05) is 0 Å². The zero-order valence-corrected chi connectivity index (χ0v) is 37.9. The summed E-state index contributed by atoms with van der Waals surface area (Å²) in [5.74, 6) is 2.57. The van der Waals surface area contributed by atoms with Gasteiger partial charge in [0.25, 0.3) is 0 Å². The Hall–Kier alpha value is -1.37. The minimum atomic E-state index is 0.287. The minimum Gasteiger partial charge on any atom is -0.299 e. The summed E-state index contributed by atoms with van der Waals surface area (Å²) < 4.78 is 0. The van der Waals surface area contributed by atoms with Crippen LogP contribution in [0.15, 0.2) is 48.6 Å². The van der Waals surface area contributed by atoms with Gasteiger partial charge in [0.2, 0.25) is 0 Å². The van der Waals surface area contributed by atoms with Gasteiger partial charge in [0.15, 0.2) is 0 Å². The lowest BCUT2D eigenvalue weighted by Gasteiger charge is -2.30. The fourth-order valence-electron chi connectivity index (χ4n) is 8.18. The molecule has 0 aliphatic carbocycles. The summed E-state index contributed by atoms with van der Waals surface area (Å²) in [4.78, 5) is 14.3. The Morgan fingerprint density at radius 2 is 0.759 bits per heavy atom. The van der Waals surface area contributed by atoms with Crippen LogP contribution in [-0.2, 0) is 4.79 Å². The highest BCUT2D eigenvalue weighted by Crippen LogP contribution is 2.34. The number of carbonyl (C=O) groups excluding carboxylic acids is 1. The topological polar surface area (TPSA) is 17.1 Å². The molecule has 0 saturated heterocycles. The van der Waals surface area contributed by atoms with E-state index < -0.39 is 0 Å². The summed E-state index contributed by atoms with van der Waals surface area (Å²) in [5.41, 5.74) is 0. The van der Waals surface area contributed by atoms with Crippen LogP contribution < -0.4 is 0 Å². The summed E-state index contributed by atoms with van der Waals surface area (Å²) in [6, 6.07) is 0. The largest absolute Gasteiger partial charge is 0.299 e. The zero-order chi connectivity index (χ0) is 39.6. The van der Waals surface area contributed by atoms with Crippen molar-refractivity contribution < 1.29 is 4.79 Å². The fourth-order valence-corrected chi connectivity index (χ4v) is 8.18. The summed E-state index contributed by atoms with van der Waals surface area (Å²) in [5, 5.41) is 0. The smallest absolute Gasteiger partial charge is 0.139 e. The van der Waals surface area contributed by atoms with Gasteiger partial charge in [0.05, 0.1) is 0 Å². The first kappa shape index (κ1) is 52.6. The third-order valence-corrected chi connectivity index (χ3v) is 11.8. The van der Waals surface area contributed by atoms with Gasteiger partial charge in [0.1, 0.15) is 5.78 Å². The lowest BCUT2D eigenvalue weighted by atomic mass is 9.74. The second-order valence-corrected chi connectivity index (χ2v) is 17.4. The van der Waals surface area contributed by atoms with Gasteiger partial charge in [0, 0.05) is 11.8 Å². The molecule has 2 unspecified atom stereocenters. The molecule has 0 amide bonds. The summed E-state index contributed by atoms with van der Waals surface area (Å²) in [7, 11) is 0. The Morgan fingerprint density at radius 1 is 0.389 bits per heavy atom. The molecule has 0 aromatic carbocycles. The van der Waals surface area contributed by atoms with Gasteiger partial charge in [-0.15, -0.1) is 0 Å². The molecule has 0 fully saturated rings. The van der Waals surface area contributed by atoms with Crippen molar-refractivity contribution >= 4 is 5.78 Å². The summed E-state index contributed by atoms with van der Waals surface area (Å²) in [6.07, 6.45) is 62.3. The molecule has 0 N–H and O–H groups in total. The first-order chi connectivity index (χ1) is 26.5. The number of allylic oxidation sites excluding steroid dienone is 8. The van der Waals surface area contributed by atoms with E-state index >= 15 is 0 Å². The van der Waals surface area contributed by atoms with Gasteiger partial charge < -0.3 is 0 Å². The van der Waals surface area contributed by atoms with E-state index in [0.717, 1.165) is 38.0 Å². The molecule has 0 spiro atoms.